The third kappa shape index (κ3) is 4.23. The first-order valence-electron chi connectivity index (χ1n) is 12.7. The molecule has 3 aromatic rings. The van der Waals surface area contributed by atoms with Crippen molar-refractivity contribution in [3.8, 4) is 0 Å². The molecule has 1 aliphatic heterocycles. The molecule has 5 rings (SSSR count). The maximum Gasteiger partial charge on any atom is 0.100 e. The van der Waals surface area contributed by atoms with Gasteiger partial charge < -0.3 is 9.80 Å². The minimum absolute atomic E-state index is 0.580. The van der Waals surface area contributed by atoms with E-state index in [9.17, 15) is 0 Å². The van der Waals surface area contributed by atoms with Gasteiger partial charge in [0.05, 0.1) is 11.4 Å². The third-order valence-electron chi connectivity index (χ3n) is 7.26. The van der Waals surface area contributed by atoms with Crippen LogP contribution in [0.4, 0.5) is 5.69 Å². The van der Waals surface area contributed by atoms with Gasteiger partial charge in [0.1, 0.15) is 6.67 Å². The zero-order chi connectivity index (χ0) is 24.7. The van der Waals surface area contributed by atoms with E-state index in [-0.39, 0.29) is 0 Å². The van der Waals surface area contributed by atoms with Gasteiger partial charge in [-0.05, 0) is 69.2 Å². The molecule has 0 radical (unpaired) electrons. The molecule has 0 N–H and O–H groups in total. The summed E-state index contributed by atoms with van der Waals surface area (Å²) in [6, 6.07) is 26.5. The Balaban J connectivity index is 1.82. The summed E-state index contributed by atoms with van der Waals surface area (Å²) in [5, 5.41) is 0. The minimum atomic E-state index is 0.580. The van der Waals surface area contributed by atoms with Crippen LogP contribution in [0.5, 0.6) is 0 Å². The fourth-order valence-electron chi connectivity index (χ4n) is 6.20. The first-order chi connectivity index (χ1) is 16.8. The average molecular weight is 461 g/mol. The van der Waals surface area contributed by atoms with Crippen LogP contribution < -0.4 is 4.90 Å². The Hall–Kier alpha value is -3.52. The van der Waals surface area contributed by atoms with E-state index in [0.717, 1.165) is 13.1 Å². The molecule has 178 valence electrons. The van der Waals surface area contributed by atoms with Crippen LogP contribution in [0.25, 0.3) is 11.4 Å². The van der Waals surface area contributed by atoms with Crippen LogP contribution in [-0.2, 0) is 0 Å². The van der Waals surface area contributed by atoms with Crippen molar-refractivity contribution in [1.29, 1.82) is 0 Å². The van der Waals surface area contributed by atoms with Crippen LogP contribution >= 0.6 is 0 Å². The molecule has 0 bridgehead atoms. The number of anilines is 1. The van der Waals surface area contributed by atoms with Gasteiger partial charge in [0.2, 0.25) is 0 Å². The summed E-state index contributed by atoms with van der Waals surface area (Å²) in [6.07, 6.45) is 3.55. The Morgan fingerprint density at radius 2 is 1.17 bits per heavy atom. The van der Waals surface area contributed by atoms with Crippen LogP contribution in [0.15, 0.2) is 95.7 Å². The lowest BCUT2D eigenvalue weighted by Gasteiger charge is -2.33. The number of benzene rings is 3. The molecule has 2 nitrogen and oxygen atoms in total. The summed E-state index contributed by atoms with van der Waals surface area (Å²) >= 11 is 0. The van der Waals surface area contributed by atoms with E-state index in [1.807, 2.05) is 0 Å². The van der Waals surface area contributed by atoms with Gasteiger partial charge >= 0.3 is 0 Å². The molecular weight excluding hydrogens is 424 g/mol. The monoisotopic (exact) mass is 460 g/mol. The first-order valence-corrected chi connectivity index (χ1v) is 12.7. The van der Waals surface area contributed by atoms with Gasteiger partial charge in [-0.1, -0.05) is 91.4 Å². The zero-order valence-electron chi connectivity index (χ0n) is 21.9. The van der Waals surface area contributed by atoms with Gasteiger partial charge in [-0.15, -0.1) is 0 Å². The molecule has 2 aliphatic rings. The van der Waals surface area contributed by atoms with E-state index < -0.39 is 0 Å². The van der Waals surface area contributed by atoms with Crippen molar-refractivity contribution in [2.75, 3.05) is 11.6 Å². The molecule has 0 aromatic heterocycles. The second-order valence-electron chi connectivity index (χ2n) is 10.3. The van der Waals surface area contributed by atoms with Crippen LogP contribution in [-0.4, -0.2) is 11.6 Å². The normalized spacial score (nSPS) is 18.5. The van der Waals surface area contributed by atoms with E-state index in [0.29, 0.717) is 5.92 Å². The molecule has 35 heavy (non-hydrogen) atoms. The molecule has 3 aromatic carbocycles. The van der Waals surface area contributed by atoms with E-state index in [1.165, 1.54) is 61.7 Å². The molecule has 2 heteroatoms. The molecular formula is C33H36N2. The highest BCUT2D eigenvalue weighted by Crippen LogP contribution is 2.47. The van der Waals surface area contributed by atoms with Gasteiger partial charge in [-0.2, -0.15) is 0 Å². The van der Waals surface area contributed by atoms with Crippen LogP contribution in [0.1, 0.15) is 55.0 Å². The number of nitrogens with zero attached hydrogens (tertiary/aromatic N) is 2. The lowest BCUT2D eigenvalue weighted by Crippen LogP contribution is -2.30. The van der Waals surface area contributed by atoms with Gasteiger partial charge in [-0.25, -0.2) is 0 Å². The highest BCUT2D eigenvalue weighted by Gasteiger charge is 2.36. The average Bonchev–Trinajstić information content (AvgIpc) is 3.18. The van der Waals surface area contributed by atoms with Crippen molar-refractivity contribution in [3.63, 3.8) is 0 Å². The minimum Gasteiger partial charge on any atom is -0.320 e. The lowest BCUT2D eigenvalue weighted by molar-refractivity contribution is 0.506. The molecule has 1 aliphatic carbocycles. The number of hydrogen-bond donors (Lipinski definition) is 0. The lowest BCUT2D eigenvalue weighted by atomic mass is 9.89. The predicted molar refractivity (Wildman–Crippen MR) is 150 cm³/mol. The summed E-state index contributed by atoms with van der Waals surface area (Å²) in [5.41, 5.74) is 14.5. The Labute approximate surface area is 210 Å². The summed E-state index contributed by atoms with van der Waals surface area (Å²) < 4.78 is 0. The summed E-state index contributed by atoms with van der Waals surface area (Å²) in [5.74, 6) is 0.580. The Morgan fingerprint density at radius 3 is 1.69 bits per heavy atom. The van der Waals surface area contributed by atoms with E-state index in [1.54, 1.807) is 0 Å². The quantitative estimate of drug-likeness (QED) is 0.385. The van der Waals surface area contributed by atoms with Crippen LogP contribution in [0.3, 0.4) is 0 Å². The fourth-order valence-corrected chi connectivity index (χ4v) is 6.20. The van der Waals surface area contributed by atoms with E-state index in [2.05, 4.69) is 130 Å². The Morgan fingerprint density at radius 1 is 0.657 bits per heavy atom. The van der Waals surface area contributed by atoms with Crippen LogP contribution in [0.2, 0.25) is 0 Å². The molecule has 1 unspecified atom stereocenters. The summed E-state index contributed by atoms with van der Waals surface area (Å²) in [7, 11) is 0. The molecule has 0 saturated heterocycles. The fraction of sp³-hybridized carbons (Fsp3) is 0.273. The van der Waals surface area contributed by atoms with Gasteiger partial charge in [0.15, 0.2) is 0 Å². The molecule has 1 atom stereocenters. The second kappa shape index (κ2) is 9.26. The van der Waals surface area contributed by atoms with Crippen LogP contribution in [0, 0.1) is 26.7 Å². The first kappa shape index (κ1) is 23.2. The molecule has 0 amide bonds. The number of hydrogen-bond acceptors (Lipinski definition) is 2. The van der Waals surface area contributed by atoms with Crippen molar-refractivity contribution in [1.82, 2.24) is 4.90 Å². The summed E-state index contributed by atoms with van der Waals surface area (Å²) in [4.78, 5) is 5.12. The van der Waals surface area contributed by atoms with Crippen molar-refractivity contribution in [3.05, 3.63) is 124 Å². The molecule has 0 spiro atoms. The molecule has 0 saturated carbocycles. The topological polar surface area (TPSA) is 6.48 Å². The van der Waals surface area contributed by atoms with Gasteiger partial charge in [0, 0.05) is 22.5 Å². The Bertz CT molecular complexity index is 1320. The Kier molecular flexibility index (Phi) is 6.15. The summed E-state index contributed by atoms with van der Waals surface area (Å²) in [6.45, 7) is 14.4. The number of rotatable bonds is 4. The maximum absolute atomic E-state index is 2.57. The van der Waals surface area contributed by atoms with Crippen molar-refractivity contribution < 1.29 is 0 Å². The van der Waals surface area contributed by atoms with Crippen molar-refractivity contribution >= 4 is 17.1 Å². The number of aryl methyl sites for hydroxylation is 3. The molecule has 0 fully saturated rings. The SMILES string of the molecule is CC1=CC(C)CC(C)=C1N1CN(c2c(C)cc(C)cc2C)C(c2ccccc2)=C1c1ccccc1. The van der Waals surface area contributed by atoms with Crippen molar-refractivity contribution in [2.24, 2.45) is 5.92 Å². The maximum atomic E-state index is 2.57. The largest absolute Gasteiger partial charge is 0.320 e. The van der Waals surface area contributed by atoms with E-state index in [4.69, 9.17) is 0 Å². The highest BCUT2D eigenvalue weighted by molar-refractivity contribution is 6.00. The zero-order valence-corrected chi connectivity index (χ0v) is 21.9. The number of allylic oxidation sites excluding steroid dienone is 3. The highest BCUT2D eigenvalue weighted by atomic mass is 15.4. The van der Waals surface area contributed by atoms with Gasteiger partial charge in [0.25, 0.3) is 0 Å². The smallest absolute Gasteiger partial charge is 0.100 e. The predicted octanol–water partition coefficient (Wildman–Crippen LogP) is 8.48. The van der Waals surface area contributed by atoms with E-state index >= 15 is 0 Å². The third-order valence-corrected chi connectivity index (χ3v) is 7.26. The molecule has 1 heterocycles. The second-order valence-corrected chi connectivity index (χ2v) is 10.3. The van der Waals surface area contributed by atoms with Gasteiger partial charge in [-0.3, -0.25) is 0 Å². The van der Waals surface area contributed by atoms with Crippen molar-refractivity contribution in [2.45, 2.75) is 48.0 Å². The standard InChI is InChI=1S/C33H36N2/c1-22-17-24(3)30(25(4)18-22)34-21-35(31-26(5)19-23(2)20-27(31)6)33(29-15-11-8-12-16-29)32(34)28-13-9-7-10-14-28/h7-19,23H,20-21H2,1-6H3.